The normalized spacial score (nSPS) is 14.1. The van der Waals surface area contributed by atoms with Gasteiger partial charge in [-0.25, -0.2) is 27.5 Å². The summed E-state index contributed by atoms with van der Waals surface area (Å²) in [5.41, 5.74) is 7.68. The van der Waals surface area contributed by atoms with Crippen LogP contribution in [0.25, 0.3) is 10.2 Å². The molecule has 10 heteroatoms. The lowest BCUT2D eigenvalue weighted by Crippen LogP contribution is -2.22. The lowest BCUT2D eigenvalue weighted by molar-refractivity contribution is 0.0462. The molecule has 0 atom stereocenters. The summed E-state index contributed by atoms with van der Waals surface area (Å²) < 4.78 is 30.7. The highest BCUT2D eigenvalue weighted by atomic mass is 32.2. The van der Waals surface area contributed by atoms with Crippen molar-refractivity contribution in [1.29, 1.82) is 0 Å². The largest absolute Gasteiger partial charge is 0.454 e. The summed E-state index contributed by atoms with van der Waals surface area (Å²) in [5.74, 6) is 0.180. The second-order valence-corrected chi connectivity index (χ2v) is 10.5. The number of nitrogen functional groups attached to an aromatic ring is 1. The molecule has 0 unspecified atom stereocenters. The van der Waals surface area contributed by atoms with Crippen LogP contribution in [0.2, 0.25) is 0 Å². The van der Waals surface area contributed by atoms with Crippen molar-refractivity contribution < 1.29 is 17.9 Å². The van der Waals surface area contributed by atoms with Gasteiger partial charge in [0.2, 0.25) is 10.0 Å². The van der Waals surface area contributed by atoms with Gasteiger partial charge in [-0.05, 0) is 55.5 Å². The van der Waals surface area contributed by atoms with Gasteiger partial charge in [0.05, 0.1) is 15.8 Å². The number of sulfonamides is 1. The summed E-state index contributed by atoms with van der Waals surface area (Å²) in [6.45, 7) is -0.112. The maximum atomic E-state index is 12.4. The summed E-state index contributed by atoms with van der Waals surface area (Å²) in [6, 6.07) is 5.60. The Hall–Kier alpha value is -2.56. The fourth-order valence-corrected chi connectivity index (χ4v) is 5.67. The van der Waals surface area contributed by atoms with E-state index in [1.54, 1.807) is 11.3 Å². The van der Waals surface area contributed by atoms with Crippen LogP contribution < -0.4 is 5.73 Å². The summed E-state index contributed by atoms with van der Waals surface area (Å²) >= 11 is 1.63. The van der Waals surface area contributed by atoms with E-state index in [0.29, 0.717) is 11.6 Å². The molecule has 158 valence electrons. The summed E-state index contributed by atoms with van der Waals surface area (Å²) in [4.78, 5) is 23.5. The zero-order chi connectivity index (χ0) is 21.5. The second-order valence-electron chi connectivity index (χ2n) is 7.30. The van der Waals surface area contributed by atoms with Crippen LogP contribution in [0.4, 0.5) is 5.82 Å². The number of carbonyl (C=O) groups excluding carboxylic acids is 1. The molecule has 30 heavy (non-hydrogen) atoms. The number of hydrogen-bond donors (Lipinski definition) is 1. The molecule has 0 aliphatic heterocycles. The molecule has 0 saturated heterocycles. The number of benzene rings is 1. The monoisotopic (exact) mass is 446 g/mol. The number of rotatable bonds is 5. The fourth-order valence-electron chi connectivity index (χ4n) is 3.48. The van der Waals surface area contributed by atoms with Gasteiger partial charge < -0.3 is 10.5 Å². The van der Waals surface area contributed by atoms with Crippen LogP contribution in [0.15, 0.2) is 29.2 Å². The number of aromatic nitrogens is 2. The van der Waals surface area contributed by atoms with Crippen molar-refractivity contribution in [3.8, 4) is 0 Å². The Kier molecular flexibility index (Phi) is 5.48. The van der Waals surface area contributed by atoms with Crippen LogP contribution in [0.1, 0.15) is 39.5 Å². The smallest absolute Gasteiger partial charge is 0.338 e. The Morgan fingerprint density at radius 2 is 1.87 bits per heavy atom. The number of ether oxygens (including phenoxy) is 1. The van der Waals surface area contributed by atoms with Crippen LogP contribution in [0.3, 0.4) is 0 Å². The number of thiophene rings is 1. The number of nitrogens with zero attached hydrogens (tertiary/aromatic N) is 3. The Morgan fingerprint density at radius 3 is 2.57 bits per heavy atom. The first kappa shape index (κ1) is 20.7. The number of fused-ring (bicyclic) bond motifs is 3. The molecule has 1 aliphatic carbocycles. The van der Waals surface area contributed by atoms with Gasteiger partial charge >= 0.3 is 5.97 Å². The molecular weight excluding hydrogens is 424 g/mol. The first-order valence-electron chi connectivity index (χ1n) is 9.53. The highest BCUT2D eigenvalue weighted by Crippen LogP contribution is 2.37. The third kappa shape index (κ3) is 3.78. The van der Waals surface area contributed by atoms with Crippen LogP contribution in [-0.4, -0.2) is 42.8 Å². The van der Waals surface area contributed by atoms with Crippen molar-refractivity contribution in [3.05, 3.63) is 46.1 Å². The van der Waals surface area contributed by atoms with Crippen molar-refractivity contribution >= 4 is 43.4 Å². The van der Waals surface area contributed by atoms with E-state index >= 15 is 0 Å². The number of esters is 1. The van der Waals surface area contributed by atoms with Crippen LogP contribution >= 0.6 is 11.3 Å². The van der Waals surface area contributed by atoms with Gasteiger partial charge in [0.15, 0.2) is 12.4 Å². The van der Waals surface area contributed by atoms with E-state index in [2.05, 4.69) is 9.97 Å². The predicted octanol–water partition coefficient (Wildman–Crippen LogP) is 2.76. The molecule has 0 fully saturated rings. The van der Waals surface area contributed by atoms with Crippen LogP contribution in [0.5, 0.6) is 0 Å². The molecule has 0 amide bonds. The van der Waals surface area contributed by atoms with E-state index in [0.717, 1.165) is 33.8 Å². The molecule has 0 spiro atoms. The molecule has 0 bridgehead atoms. The topological polar surface area (TPSA) is 115 Å². The minimum absolute atomic E-state index is 0.104. The lowest BCUT2D eigenvalue weighted by Gasteiger charge is -2.11. The average molecular weight is 447 g/mol. The van der Waals surface area contributed by atoms with E-state index < -0.39 is 16.0 Å². The molecule has 1 aliphatic rings. The van der Waals surface area contributed by atoms with Gasteiger partial charge in [0, 0.05) is 19.0 Å². The minimum atomic E-state index is -3.55. The maximum Gasteiger partial charge on any atom is 0.338 e. The molecule has 2 aromatic heterocycles. The molecule has 4 rings (SSSR count). The quantitative estimate of drug-likeness (QED) is 0.599. The number of anilines is 1. The third-order valence-corrected chi connectivity index (χ3v) is 8.10. The molecule has 3 aromatic rings. The first-order chi connectivity index (χ1) is 14.3. The van der Waals surface area contributed by atoms with Gasteiger partial charge in [0.1, 0.15) is 10.6 Å². The summed E-state index contributed by atoms with van der Waals surface area (Å²) in [6.07, 6.45) is 4.36. The minimum Gasteiger partial charge on any atom is -0.454 e. The van der Waals surface area contributed by atoms with E-state index in [1.165, 1.54) is 55.2 Å². The molecular formula is C20H22N4O4S2. The zero-order valence-electron chi connectivity index (χ0n) is 16.7. The maximum absolute atomic E-state index is 12.4. The summed E-state index contributed by atoms with van der Waals surface area (Å²) in [5, 5.41) is 0.933. The Bertz CT molecular complexity index is 1220. The standard InChI is InChI=1S/C20H22N4O4S2/c1-24(2)30(26,27)13-9-7-12(8-10-13)20(25)28-11-16-22-18(21)17-14-5-3-4-6-15(14)29-19(17)23-16/h7-10H,3-6,11H2,1-2H3,(H2,21,22,23). The Labute approximate surface area is 178 Å². The highest BCUT2D eigenvalue weighted by Gasteiger charge is 2.21. The van der Waals surface area contributed by atoms with Crippen molar-refractivity contribution in [3.63, 3.8) is 0 Å². The van der Waals surface area contributed by atoms with Gasteiger partial charge in [0.25, 0.3) is 0 Å². The second kappa shape index (κ2) is 7.93. The molecule has 2 N–H and O–H groups in total. The third-order valence-electron chi connectivity index (χ3n) is 5.09. The van der Waals surface area contributed by atoms with Crippen LogP contribution in [-0.2, 0) is 34.2 Å². The average Bonchev–Trinajstić information content (AvgIpc) is 3.11. The molecule has 1 aromatic carbocycles. The molecule has 0 radical (unpaired) electrons. The Balaban J connectivity index is 1.49. The predicted molar refractivity (Wildman–Crippen MR) is 115 cm³/mol. The van der Waals surface area contributed by atoms with Crippen LogP contribution in [0, 0.1) is 0 Å². The van der Waals surface area contributed by atoms with E-state index in [-0.39, 0.29) is 17.1 Å². The van der Waals surface area contributed by atoms with Gasteiger partial charge in [-0.1, -0.05) is 0 Å². The van der Waals surface area contributed by atoms with E-state index in [1.807, 2.05) is 0 Å². The molecule has 0 saturated carbocycles. The van der Waals surface area contributed by atoms with Gasteiger partial charge in [-0.2, -0.15) is 0 Å². The number of hydrogen-bond acceptors (Lipinski definition) is 8. The van der Waals surface area contributed by atoms with Crippen molar-refractivity contribution in [2.24, 2.45) is 0 Å². The first-order valence-corrected chi connectivity index (χ1v) is 11.8. The number of aryl methyl sites for hydroxylation is 2. The van der Waals surface area contributed by atoms with E-state index in [9.17, 15) is 13.2 Å². The van der Waals surface area contributed by atoms with Crippen molar-refractivity contribution in [2.45, 2.75) is 37.2 Å². The SMILES string of the molecule is CN(C)S(=O)(=O)c1ccc(C(=O)OCc2nc(N)c3c4c(sc3n2)CCCC4)cc1. The van der Waals surface area contributed by atoms with E-state index in [4.69, 9.17) is 10.5 Å². The van der Waals surface area contributed by atoms with Crippen molar-refractivity contribution in [1.82, 2.24) is 14.3 Å². The fraction of sp³-hybridized carbons (Fsp3) is 0.350. The van der Waals surface area contributed by atoms with Gasteiger partial charge in [-0.3, -0.25) is 0 Å². The van der Waals surface area contributed by atoms with Crippen molar-refractivity contribution in [2.75, 3.05) is 19.8 Å². The zero-order valence-corrected chi connectivity index (χ0v) is 18.3. The molecule has 2 heterocycles. The molecule has 8 nitrogen and oxygen atoms in total. The lowest BCUT2D eigenvalue weighted by atomic mass is 9.97. The number of nitrogens with two attached hydrogens (primary N) is 1. The Morgan fingerprint density at radius 1 is 1.17 bits per heavy atom. The number of carbonyl (C=O) groups is 1. The summed E-state index contributed by atoms with van der Waals surface area (Å²) in [7, 11) is -0.656. The van der Waals surface area contributed by atoms with Gasteiger partial charge in [-0.15, -0.1) is 11.3 Å². The highest BCUT2D eigenvalue weighted by molar-refractivity contribution is 7.89.